The molecule has 7 heteroatoms. The summed E-state index contributed by atoms with van der Waals surface area (Å²) >= 11 is 17.7. The Labute approximate surface area is 145 Å². The van der Waals surface area contributed by atoms with Crippen LogP contribution in [0.5, 0.6) is 0 Å². The first kappa shape index (κ1) is 19.1. The molecule has 1 aromatic carbocycles. The zero-order valence-electron chi connectivity index (χ0n) is 12.8. The topological polar surface area (TPSA) is 46.6 Å². The van der Waals surface area contributed by atoms with Crippen LogP contribution in [0, 0.1) is 0 Å². The van der Waals surface area contributed by atoms with E-state index < -0.39 is 5.97 Å². The molecule has 1 amide bonds. The number of carbonyl (C=O) groups is 2. The zero-order valence-corrected chi connectivity index (χ0v) is 15.1. The maximum absolute atomic E-state index is 12.2. The summed E-state index contributed by atoms with van der Waals surface area (Å²) in [5.41, 5.74) is -0.0377. The van der Waals surface area contributed by atoms with Crippen LogP contribution in [0.3, 0.4) is 0 Å². The van der Waals surface area contributed by atoms with Crippen LogP contribution >= 0.6 is 34.8 Å². The van der Waals surface area contributed by atoms with Crippen LogP contribution in [0.25, 0.3) is 0 Å². The van der Waals surface area contributed by atoms with Crippen molar-refractivity contribution < 1.29 is 14.3 Å². The van der Waals surface area contributed by atoms with E-state index in [0.29, 0.717) is 0 Å². The van der Waals surface area contributed by atoms with Crippen molar-refractivity contribution in [3.05, 3.63) is 32.8 Å². The van der Waals surface area contributed by atoms with Gasteiger partial charge in [-0.15, -0.1) is 0 Å². The van der Waals surface area contributed by atoms with Gasteiger partial charge >= 0.3 is 5.97 Å². The van der Waals surface area contributed by atoms with Crippen LogP contribution in [0.2, 0.25) is 15.1 Å². The number of hydrogen-bond donors (Lipinski definition) is 0. The first-order valence-electron chi connectivity index (χ1n) is 6.78. The fraction of sp³-hybridized carbons (Fsp3) is 0.467. The molecule has 0 unspecified atom stereocenters. The van der Waals surface area contributed by atoms with E-state index in [1.165, 1.54) is 12.1 Å². The standard InChI is InChI=1S/C15H18Cl3NO3/c1-8(2)19(9(3)4)12(20)7-22-15(21)13-10(16)5-6-11(17)14(13)18/h5-6,8-9H,7H2,1-4H3. The Hall–Kier alpha value is -0.970. The summed E-state index contributed by atoms with van der Waals surface area (Å²) in [6, 6.07) is 2.94. The summed E-state index contributed by atoms with van der Waals surface area (Å²) in [4.78, 5) is 25.9. The van der Waals surface area contributed by atoms with Crippen molar-refractivity contribution in [3.8, 4) is 0 Å². The fourth-order valence-electron chi connectivity index (χ4n) is 2.16. The first-order valence-corrected chi connectivity index (χ1v) is 7.92. The quantitative estimate of drug-likeness (QED) is 0.571. The molecule has 0 saturated carbocycles. The Morgan fingerprint density at radius 1 is 1.05 bits per heavy atom. The predicted molar refractivity (Wildman–Crippen MR) is 88.9 cm³/mol. The van der Waals surface area contributed by atoms with Gasteiger partial charge in [-0.3, -0.25) is 4.79 Å². The second-order valence-corrected chi connectivity index (χ2v) is 6.48. The molecular formula is C15H18Cl3NO3. The average molecular weight is 367 g/mol. The maximum atomic E-state index is 12.2. The van der Waals surface area contributed by atoms with Gasteiger partial charge in [-0.1, -0.05) is 34.8 Å². The minimum Gasteiger partial charge on any atom is -0.452 e. The highest BCUT2D eigenvalue weighted by atomic mass is 35.5. The van der Waals surface area contributed by atoms with E-state index in [1.54, 1.807) is 4.90 Å². The number of halogens is 3. The van der Waals surface area contributed by atoms with E-state index in [2.05, 4.69) is 0 Å². The third-order valence-electron chi connectivity index (χ3n) is 2.98. The van der Waals surface area contributed by atoms with E-state index in [0.717, 1.165) is 0 Å². The highest BCUT2D eigenvalue weighted by Gasteiger charge is 2.24. The minimum atomic E-state index is -0.779. The Bertz CT molecular complexity index is 565. The van der Waals surface area contributed by atoms with E-state index in [4.69, 9.17) is 39.5 Å². The molecule has 0 aliphatic carbocycles. The molecule has 1 rings (SSSR count). The maximum Gasteiger partial charge on any atom is 0.341 e. The Morgan fingerprint density at radius 2 is 1.55 bits per heavy atom. The molecule has 0 atom stereocenters. The summed E-state index contributed by atoms with van der Waals surface area (Å²) < 4.78 is 5.03. The molecule has 4 nitrogen and oxygen atoms in total. The highest BCUT2D eigenvalue weighted by Crippen LogP contribution is 2.31. The lowest BCUT2D eigenvalue weighted by Gasteiger charge is -2.30. The second-order valence-electron chi connectivity index (χ2n) is 5.28. The summed E-state index contributed by atoms with van der Waals surface area (Å²) in [5, 5.41) is 0.322. The molecule has 0 fully saturated rings. The molecule has 0 aliphatic rings. The van der Waals surface area contributed by atoms with Gasteiger partial charge in [0.25, 0.3) is 5.91 Å². The zero-order chi connectivity index (χ0) is 17.0. The minimum absolute atomic E-state index is 0.00421. The molecule has 0 spiro atoms. The predicted octanol–water partition coefficient (Wildman–Crippen LogP) is 4.45. The number of esters is 1. The lowest BCUT2D eigenvalue weighted by molar-refractivity contribution is -0.138. The first-order chi connectivity index (χ1) is 10.2. The van der Waals surface area contributed by atoms with Gasteiger partial charge in [0.15, 0.2) is 6.61 Å². The number of carbonyl (C=O) groups excluding carboxylic acids is 2. The summed E-state index contributed by atoms with van der Waals surface area (Å²) in [7, 11) is 0. The molecule has 0 heterocycles. The largest absolute Gasteiger partial charge is 0.452 e. The SMILES string of the molecule is CC(C)N(C(=O)COC(=O)c1c(Cl)ccc(Cl)c1Cl)C(C)C. The molecule has 0 N–H and O–H groups in total. The smallest absolute Gasteiger partial charge is 0.341 e. The lowest BCUT2D eigenvalue weighted by Crippen LogP contribution is -2.44. The Kier molecular flexibility index (Phi) is 6.98. The molecule has 0 bridgehead atoms. The summed E-state index contributed by atoms with van der Waals surface area (Å²) in [5.74, 6) is -1.06. The number of rotatable bonds is 5. The molecule has 0 aliphatic heterocycles. The van der Waals surface area contributed by atoms with Crippen LogP contribution in [0.1, 0.15) is 38.1 Å². The lowest BCUT2D eigenvalue weighted by atomic mass is 10.2. The van der Waals surface area contributed by atoms with Gasteiger partial charge < -0.3 is 9.64 Å². The number of nitrogens with zero attached hydrogens (tertiary/aromatic N) is 1. The van der Waals surface area contributed by atoms with Crippen molar-refractivity contribution in [3.63, 3.8) is 0 Å². The van der Waals surface area contributed by atoms with Gasteiger partial charge in [0.2, 0.25) is 0 Å². The van der Waals surface area contributed by atoms with Crippen molar-refractivity contribution in [2.75, 3.05) is 6.61 Å². The van der Waals surface area contributed by atoms with Crippen molar-refractivity contribution in [2.45, 2.75) is 39.8 Å². The van der Waals surface area contributed by atoms with Gasteiger partial charge in [0, 0.05) is 12.1 Å². The normalized spacial score (nSPS) is 11.0. The molecule has 122 valence electrons. The van der Waals surface area contributed by atoms with Gasteiger partial charge in [-0.2, -0.15) is 0 Å². The average Bonchev–Trinajstić information content (AvgIpc) is 2.40. The molecular weight excluding hydrogens is 349 g/mol. The number of hydrogen-bond acceptors (Lipinski definition) is 3. The van der Waals surface area contributed by atoms with Gasteiger partial charge in [-0.25, -0.2) is 4.79 Å². The Balaban J connectivity index is 2.83. The monoisotopic (exact) mass is 365 g/mol. The molecule has 0 radical (unpaired) electrons. The van der Waals surface area contributed by atoms with Crippen molar-refractivity contribution in [1.82, 2.24) is 4.90 Å². The second kappa shape index (κ2) is 8.04. The van der Waals surface area contributed by atoms with E-state index in [9.17, 15) is 9.59 Å². The highest BCUT2D eigenvalue weighted by molar-refractivity contribution is 6.46. The molecule has 0 saturated heterocycles. The molecule has 1 aromatic rings. The summed E-state index contributed by atoms with van der Waals surface area (Å²) in [6.07, 6.45) is 0. The van der Waals surface area contributed by atoms with Crippen LogP contribution in [0.4, 0.5) is 0 Å². The molecule has 22 heavy (non-hydrogen) atoms. The van der Waals surface area contributed by atoms with Crippen molar-refractivity contribution >= 4 is 46.7 Å². The van der Waals surface area contributed by atoms with Crippen LogP contribution in [-0.4, -0.2) is 35.5 Å². The van der Waals surface area contributed by atoms with Gasteiger partial charge in [0.05, 0.1) is 20.6 Å². The summed E-state index contributed by atoms with van der Waals surface area (Å²) in [6.45, 7) is 7.19. The van der Waals surface area contributed by atoms with E-state index >= 15 is 0 Å². The van der Waals surface area contributed by atoms with E-state index in [1.807, 2.05) is 27.7 Å². The van der Waals surface area contributed by atoms with Crippen LogP contribution in [-0.2, 0) is 9.53 Å². The van der Waals surface area contributed by atoms with Crippen LogP contribution in [0.15, 0.2) is 12.1 Å². The number of ether oxygens (including phenoxy) is 1. The van der Waals surface area contributed by atoms with Gasteiger partial charge in [0.1, 0.15) is 0 Å². The third kappa shape index (κ3) is 4.51. The van der Waals surface area contributed by atoms with E-state index in [-0.39, 0.29) is 45.2 Å². The van der Waals surface area contributed by atoms with Crippen LogP contribution < -0.4 is 0 Å². The van der Waals surface area contributed by atoms with Crippen molar-refractivity contribution in [1.29, 1.82) is 0 Å². The fourth-order valence-corrected chi connectivity index (χ4v) is 2.84. The van der Waals surface area contributed by atoms with Crippen molar-refractivity contribution in [2.24, 2.45) is 0 Å². The third-order valence-corrected chi connectivity index (χ3v) is 4.09. The number of benzene rings is 1. The molecule has 0 aromatic heterocycles. The number of amides is 1. The Morgan fingerprint density at radius 3 is 2.05 bits per heavy atom. The van der Waals surface area contributed by atoms with Gasteiger partial charge in [-0.05, 0) is 39.8 Å².